The average molecular weight is 248 g/mol. The molecule has 0 radical (unpaired) electrons. The third kappa shape index (κ3) is 1.45. The van der Waals surface area contributed by atoms with Crippen molar-refractivity contribution < 1.29 is 8.42 Å². The van der Waals surface area contributed by atoms with Crippen LogP contribution < -0.4 is 0 Å². The highest BCUT2D eigenvalue weighted by molar-refractivity contribution is 7.99. The molecule has 4 heteroatoms. The minimum atomic E-state index is -3.34. The third-order valence-electron chi connectivity index (χ3n) is 2.50. The van der Waals surface area contributed by atoms with Gasteiger partial charge in [0.15, 0.2) is 0 Å². The normalized spacial score (nSPS) is 16.2. The van der Waals surface area contributed by atoms with Gasteiger partial charge in [0.1, 0.15) is 0 Å². The predicted octanol–water partition coefficient (Wildman–Crippen LogP) is 2.98. The highest BCUT2D eigenvalue weighted by atomic mass is 32.2. The lowest BCUT2D eigenvalue weighted by atomic mass is 10.3. The van der Waals surface area contributed by atoms with E-state index < -0.39 is 9.84 Å². The fourth-order valence-corrected chi connectivity index (χ4v) is 3.72. The lowest BCUT2D eigenvalue weighted by Gasteiger charge is -2.10. The van der Waals surface area contributed by atoms with Gasteiger partial charge in [-0.2, -0.15) is 0 Å². The summed E-state index contributed by atoms with van der Waals surface area (Å²) in [7, 11) is -3.34. The van der Waals surface area contributed by atoms with Crippen LogP contribution in [0.15, 0.2) is 68.1 Å². The standard InChI is InChI=1S/C12H8O2S2/c13-16(14)11-5-1-9(2-6-11)15-10-3-7-12(16)8-4-10/h1-8H. The average Bonchev–Trinajstić information content (AvgIpc) is 2.30. The first-order valence-electron chi connectivity index (χ1n) is 4.79. The van der Waals surface area contributed by atoms with Gasteiger partial charge in [-0.15, -0.1) is 0 Å². The van der Waals surface area contributed by atoms with Crippen molar-refractivity contribution in [3.63, 3.8) is 0 Å². The molecule has 4 aliphatic rings. The Bertz CT molecular complexity index is 574. The van der Waals surface area contributed by atoms with Crippen LogP contribution in [0, 0.1) is 0 Å². The van der Waals surface area contributed by atoms with Crippen LogP contribution in [0.5, 0.6) is 0 Å². The Kier molecular flexibility index (Phi) is 2.09. The fourth-order valence-electron chi connectivity index (χ4n) is 1.65. The predicted molar refractivity (Wildman–Crippen MR) is 62.5 cm³/mol. The molecule has 2 aromatic rings. The summed E-state index contributed by atoms with van der Waals surface area (Å²) in [6, 6.07) is 14.0. The first-order chi connectivity index (χ1) is 7.66. The van der Waals surface area contributed by atoms with Crippen LogP contribution in [-0.4, -0.2) is 8.42 Å². The molecule has 80 valence electrons. The monoisotopic (exact) mass is 248 g/mol. The maximum atomic E-state index is 12.2. The van der Waals surface area contributed by atoms with Crippen LogP contribution in [0.2, 0.25) is 0 Å². The van der Waals surface area contributed by atoms with Crippen molar-refractivity contribution in [2.24, 2.45) is 0 Å². The molecule has 0 aromatic heterocycles. The second-order valence-corrected chi connectivity index (χ2v) is 6.64. The number of hydrogen-bond donors (Lipinski definition) is 0. The fraction of sp³-hybridized carbons (Fsp3) is 0. The number of benzene rings is 2. The van der Waals surface area contributed by atoms with Crippen LogP contribution in [0.25, 0.3) is 0 Å². The zero-order valence-corrected chi connectivity index (χ0v) is 9.88. The van der Waals surface area contributed by atoms with Crippen LogP contribution >= 0.6 is 11.8 Å². The van der Waals surface area contributed by atoms with E-state index in [4.69, 9.17) is 0 Å². The SMILES string of the molecule is O=S1(=O)c2ccc(cc2)Sc2ccc1cc2. The van der Waals surface area contributed by atoms with Crippen molar-refractivity contribution in [2.45, 2.75) is 19.6 Å². The van der Waals surface area contributed by atoms with Gasteiger partial charge in [-0.3, -0.25) is 0 Å². The van der Waals surface area contributed by atoms with Gasteiger partial charge < -0.3 is 0 Å². The summed E-state index contributed by atoms with van der Waals surface area (Å²) in [5, 5.41) is 0. The Morgan fingerprint density at radius 2 is 1.06 bits per heavy atom. The number of sulfone groups is 1. The summed E-state index contributed by atoms with van der Waals surface area (Å²) >= 11 is 1.63. The van der Waals surface area contributed by atoms with E-state index in [-0.39, 0.29) is 0 Å². The Hall–Kier alpha value is -1.26. The van der Waals surface area contributed by atoms with Crippen molar-refractivity contribution in [3.05, 3.63) is 48.5 Å². The molecular weight excluding hydrogens is 240 g/mol. The maximum absolute atomic E-state index is 12.2. The molecule has 0 atom stereocenters. The molecule has 0 spiro atoms. The lowest BCUT2D eigenvalue weighted by Crippen LogP contribution is -2.02. The Labute approximate surface area is 98.2 Å². The first-order valence-corrected chi connectivity index (χ1v) is 7.09. The zero-order valence-electron chi connectivity index (χ0n) is 8.25. The van der Waals surface area contributed by atoms with Crippen LogP contribution in [-0.2, 0) is 9.84 Å². The molecule has 0 N–H and O–H groups in total. The quantitative estimate of drug-likeness (QED) is 0.613. The summed E-state index contributed by atoms with van der Waals surface area (Å²) in [4.78, 5) is 2.81. The van der Waals surface area contributed by atoms with Gasteiger partial charge in [-0.1, -0.05) is 11.8 Å². The van der Waals surface area contributed by atoms with Gasteiger partial charge in [0.05, 0.1) is 9.79 Å². The molecule has 0 fully saturated rings. The molecule has 0 saturated carbocycles. The van der Waals surface area contributed by atoms with E-state index in [2.05, 4.69) is 0 Å². The van der Waals surface area contributed by atoms with Gasteiger partial charge >= 0.3 is 0 Å². The molecule has 4 heterocycles. The van der Waals surface area contributed by atoms with E-state index in [1.807, 2.05) is 24.3 Å². The molecule has 0 unspecified atom stereocenters. The maximum Gasteiger partial charge on any atom is 0.206 e. The highest BCUT2D eigenvalue weighted by Gasteiger charge is 2.18. The van der Waals surface area contributed by atoms with Gasteiger partial charge in [-0.25, -0.2) is 8.42 Å². The van der Waals surface area contributed by atoms with E-state index >= 15 is 0 Å². The third-order valence-corrected chi connectivity index (χ3v) is 5.31. The topological polar surface area (TPSA) is 34.1 Å². The second kappa shape index (κ2) is 3.37. The molecule has 6 rings (SSSR count). The molecule has 2 aromatic carbocycles. The Morgan fingerprint density at radius 1 is 0.688 bits per heavy atom. The molecular formula is C12H8O2S2. The zero-order chi connectivity index (χ0) is 11.2. The van der Waals surface area contributed by atoms with E-state index in [1.165, 1.54) is 0 Å². The minimum Gasteiger partial charge on any atom is -0.219 e. The van der Waals surface area contributed by atoms with Crippen LogP contribution in [0.4, 0.5) is 0 Å². The highest BCUT2D eigenvalue weighted by Crippen LogP contribution is 2.32. The molecule has 4 bridgehead atoms. The largest absolute Gasteiger partial charge is 0.219 e. The van der Waals surface area contributed by atoms with Crippen LogP contribution in [0.3, 0.4) is 0 Å². The lowest BCUT2D eigenvalue weighted by molar-refractivity contribution is 0.596. The molecule has 2 nitrogen and oxygen atoms in total. The van der Waals surface area contributed by atoms with Crippen LogP contribution in [0.1, 0.15) is 0 Å². The molecule has 0 aliphatic carbocycles. The Morgan fingerprint density at radius 3 is 1.44 bits per heavy atom. The Balaban J connectivity index is 2.38. The summed E-state index contributed by atoms with van der Waals surface area (Å²) in [6.45, 7) is 0. The molecule has 4 aliphatic heterocycles. The van der Waals surface area contributed by atoms with Crippen molar-refractivity contribution in [1.29, 1.82) is 0 Å². The summed E-state index contributed by atoms with van der Waals surface area (Å²) in [5.74, 6) is 0. The minimum absolute atomic E-state index is 0.353. The summed E-state index contributed by atoms with van der Waals surface area (Å²) < 4.78 is 24.3. The first kappa shape index (κ1) is 9.93. The molecule has 16 heavy (non-hydrogen) atoms. The van der Waals surface area contributed by atoms with Gasteiger partial charge in [0.25, 0.3) is 0 Å². The van der Waals surface area contributed by atoms with E-state index in [0.717, 1.165) is 9.79 Å². The smallest absolute Gasteiger partial charge is 0.206 e. The van der Waals surface area contributed by atoms with E-state index in [1.54, 1.807) is 36.0 Å². The number of rotatable bonds is 0. The van der Waals surface area contributed by atoms with Crippen molar-refractivity contribution in [2.75, 3.05) is 0 Å². The molecule has 0 amide bonds. The second-order valence-electron chi connectivity index (χ2n) is 3.55. The van der Waals surface area contributed by atoms with Gasteiger partial charge in [0.2, 0.25) is 9.84 Å². The van der Waals surface area contributed by atoms with Gasteiger partial charge in [-0.05, 0) is 48.5 Å². The number of hydrogen-bond acceptors (Lipinski definition) is 3. The van der Waals surface area contributed by atoms with E-state index in [0.29, 0.717) is 9.79 Å². The van der Waals surface area contributed by atoms with Crippen molar-refractivity contribution >= 4 is 21.6 Å². The van der Waals surface area contributed by atoms with E-state index in [9.17, 15) is 8.42 Å². The molecule has 0 saturated heterocycles. The van der Waals surface area contributed by atoms with Crippen molar-refractivity contribution in [1.82, 2.24) is 0 Å². The van der Waals surface area contributed by atoms with Gasteiger partial charge in [0, 0.05) is 9.79 Å². The van der Waals surface area contributed by atoms with Crippen molar-refractivity contribution in [3.8, 4) is 0 Å². The summed E-state index contributed by atoms with van der Waals surface area (Å²) in [6.07, 6.45) is 0. The summed E-state index contributed by atoms with van der Waals surface area (Å²) in [5.41, 5.74) is 0.